The number of unbranched alkanes of at least 4 members (excludes halogenated alkanes) is 8. The third-order valence-corrected chi connectivity index (χ3v) is 4.75. The Balaban J connectivity index is 3.87. The number of esters is 2. The highest BCUT2D eigenvalue weighted by atomic mass is 16.6. The molecule has 9 nitrogen and oxygen atoms in total. The Kier molecular flexibility index (Phi) is 16.4. The third kappa shape index (κ3) is 15.7. The summed E-state index contributed by atoms with van der Waals surface area (Å²) in [5, 5.41) is 12.2. The van der Waals surface area contributed by atoms with Crippen LogP contribution in [0, 0.1) is 5.41 Å². The average molecular weight is 428 g/mol. The van der Waals surface area contributed by atoms with Gasteiger partial charge in [0, 0.05) is 13.0 Å². The number of carbonyl (C=O) groups is 3. The third-order valence-electron chi connectivity index (χ3n) is 4.75. The first-order chi connectivity index (χ1) is 14.3. The zero-order valence-corrected chi connectivity index (χ0v) is 18.6. The van der Waals surface area contributed by atoms with E-state index in [0.29, 0.717) is 19.4 Å². The highest BCUT2D eigenvalue weighted by Gasteiger charge is 2.23. The molecule has 9 heteroatoms. The molecule has 0 fully saturated rings. The summed E-state index contributed by atoms with van der Waals surface area (Å²) < 4.78 is 4.75. The van der Waals surface area contributed by atoms with E-state index >= 15 is 0 Å². The molecule has 0 unspecified atom stereocenters. The average Bonchev–Trinajstić information content (AvgIpc) is 2.69. The zero-order chi connectivity index (χ0) is 22.8. The number of rotatable bonds is 17. The monoisotopic (exact) mass is 427 g/mol. The lowest BCUT2D eigenvalue weighted by Gasteiger charge is -2.15. The molecule has 0 saturated carbocycles. The van der Waals surface area contributed by atoms with E-state index in [9.17, 15) is 14.4 Å². The van der Waals surface area contributed by atoms with Gasteiger partial charge in [0.2, 0.25) is 5.91 Å². The molecule has 174 valence electrons. The molecule has 0 aromatic carbocycles. The van der Waals surface area contributed by atoms with Gasteiger partial charge in [-0.1, -0.05) is 58.3 Å². The van der Waals surface area contributed by atoms with E-state index in [1.54, 1.807) is 0 Å². The fraction of sp³-hybridized carbons (Fsp3) is 0.810. The van der Waals surface area contributed by atoms with Crippen LogP contribution in [0.3, 0.4) is 0 Å². The van der Waals surface area contributed by atoms with Crippen molar-refractivity contribution >= 4 is 23.8 Å². The van der Waals surface area contributed by atoms with Crippen molar-refractivity contribution in [1.82, 2.24) is 10.6 Å². The molecule has 0 radical (unpaired) electrons. The van der Waals surface area contributed by atoms with Gasteiger partial charge in [0.05, 0.1) is 0 Å². The largest absolute Gasteiger partial charge is 0.390 e. The van der Waals surface area contributed by atoms with Gasteiger partial charge >= 0.3 is 11.9 Å². The number of nitrogens with one attached hydrogen (secondary N) is 3. The van der Waals surface area contributed by atoms with Gasteiger partial charge in [0.1, 0.15) is 12.1 Å². The van der Waals surface area contributed by atoms with Crippen molar-refractivity contribution in [2.45, 2.75) is 103 Å². The summed E-state index contributed by atoms with van der Waals surface area (Å²) in [5.41, 5.74) is 10.8. The van der Waals surface area contributed by atoms with E-state index in [4.69, 9.17) is 21.6 Å². The molecule has 30 heavy (non-hydrogen) atoms. The van der Waals surface area contributed by atoms with Crippen LogP contribution in [-0.4, -0.2) is 42.4 Å². The lowest BCUT2D eigenvalue weighted by molar-refractivity contribution is -0.162. The van der Waals surface area contributed by atoms with Gasteiger partial charge < -0.3 is 26.8 Å². The second-order valence-corrected chi connectivity index (χ2v) is 7.70. The van der Waals surface area contributed by atoms with Crippen LogP contribution < -0.4 is 22.1 Å². The minimum atomic E-state index is -0.951. The van der Waals surface area contributed by atoms with E-state index in [1.165, 1.54) is 45.4 Å². The van der Waals surface area contributed by atoms with E-state index in [2.05, 4.69) is 17.6 Å². The molecule has 1 amide bonds. The topological polar surface area (TPSA) is 160 Å². The number of hydrogen-bond acceptors (Lipinski definition) is 6. The molecule has 0 aliphatic heterocycles. The highest BCUT2D eigenvalue weighted by Crippen LogP contribution is 2.10. The van der Waals surface area contributed by atoms with Crippen molar-refractivity contribution in [3.8, 4) is 0 Å². The van der Waals surface area contributed by atoms with E-state index in [-0.39, 0.29) is 18.3 Å². The molecular formula is C21H41N5O4. The Hall–Kier alpha value is -2.16. The summed E-state index contributed by atoms with van der Waals surface area (Å²) in [6, 6.07) is -1.86. The van der Waals surface area contributed by atoms with Crippen LogP contribution in [0.5, 0.6) is 0 Å². The van der Waals surface area contributed by atoms with E-state index in [0.717, 1.165) is 19.3 Å². The summed E-state index contributed by atoms with van der Waals surface area (Å²) in [5.74, 6) is -2.04. The SMILES string of the molecule is CCCCCCCCCCCC(=O)N[C@@H](C)C(=O)OC(=O)[C@@H](N)CCCNC(=N)N. The molecule has 0 heterocycles. The number of ether oxygens (including phenoxy) is 1. The molecular weight excluding hydrogens is 386 g/mol. The smallest absolute Gasteiger partial charge is 0.336 e. The maximum Gasteiger partial charge on any atom is 0.336 e. The molecule has 0 aromatic heterocycles. The van der Waals surface area contributed by atoms with Crippen LogP contribution in [0.4, 0.5) is 0 Å². The minimum absolute atomic E-state index is 0.159. The molecule has 0 rings (SSSR count). The minimum Gasteiger partial charge on any atom is -0.390 e. The zero-order valence-electron chi connectivity index (χ0n) is 18.6. The first-order valence-electron chi connectivity index (χ1n) is 11.2. The van der Waals surface area contributed by atoms with Gasteiger partial charge in [0.15, 0.2) is 5.96 Å². The predicted molar refractivity (Wildman–Crippen MR) is 118 cm³/mol. The Bertz CT molecular complexity index is 528. The molecule has 0 aliphatic rings. The molecule has 0 aromatic rings. The standard InChI is InChI=1S/C21H41N5O4/c1-3-4-5-6-7-8-9-10-11-14-18(27)26-16(2)19(28)30-20(29)17(22)13-12-15-25-21(23)24/h16-17H,3-15,22H2,1-2H3,(H,26,27)(H4,23,24,25)/t16-,17-/m0/s1. The normalized spacial score (nSPS) is 12.6. The van der Waals surface area contributed by atoms with Crippen LogP contribution in [-0.2, 0) is 19.1 Å². The Morgan fingerprint density at radius 3 is 2.07 bits per heavy atom. The van der Waals surface area contributed by atoms with Crippen molar-refractivity contribution in [3.63, 3.8) is 0 Å². The number of guanidine groups is 1. The van der Waals surface area contributed by atoms with Crippen molar-refractivity contribution in [2.75, 3.05) is 6.54 Å². The molecule has 0 bridgehead atoms. The molecule has 0 saturated heterocycles. The predicted octanol–water partition coefficient (Wildman–Crippen LogP) is 2.07. The van der Waals surface area contributed by atoms with Gasteiger partial charge in [-0.15, -0.1) is 0 Å². The van der Waals surface area contributed by atoms with Crippen LogP contribution in [0.1, 0.15) is 90.9 Å². The Labute approximate surface area is 180 Å². The van der Waals surface area contributed by atoms with E-state index in [1.807, 2.05) is 0 Å². The lowest BCUT2D eigenvalue weighted by atomic mass is 10.1. The first kappa shape index (κ1) is 27.8. The first-order valence-corrected chi connectivity index (χ1v) is 11.2. The van der Waals surface area contributed by atoms with E-state index < -0.39 is 24.0 Å². The van der Waals surface area contributed by atoms with Crippen molar-refractivity contribution in [2.24, 2.45) is 11.5 Å². The summed E-state index contributed by atoms with van der Waals surface area (Å²) in [7, 11) is 0. The number of nitrogens with two attached hydrogens (primary N) is 2. The lowest BCUT2D eigenvalue weighted by Crippen LogP contribution is -2.43. The van der Waals surface area contributed by atoms with Gasteiger partial charge in [-0.05, 0) is 26.2 Å². The number of carbonyl (C=O) groups excluding carboxylic acids is 3. The highest BCUT2D eigenvalue weighted by molar-refractivity contribution is 5.92. The van der Waals surface area contributed by atoms with Gasteiger partial charge in [-0.25, -0.2) is 9.59 Å². The van der Waals surface area contributed by atoms with Crippen LogP contribution in [0.25, 0.3) is 0 Å². The van der Waals surface area contributed by atoms with Crippen LogP contribution in [0.15, 0.2) is 0 Å². The van der Waals surface area contributed by atoms with Gasteiger partial charge in [-0.3, -0.25) is 10.2 Å². The quantitative estimate of drug-likeness (QED) is 0.0780. The fourth-order valence-corrected chi connectivity index (χ4v) is 2.89. The molecule has 2 atom stereocenters. The molecule has 7 N–H and O–H groups in total. The summed E-state index contributed by atoms with van der Waals surface area (Å²) in [6.45, 7) is 4.08. The van der Waals surface area contributed by atoms with Gasteiger partial charge in [-0.2, -0.15) is 0 Å². The maximum atomic E-state index is 12.0. The van der Waals surface area contributed by atoms with Crippen LogP contribution >= 0.6 is 0 Å². The molecule has 0 spiro atoms. The maximum absolute atomic E-state index is 12.0. The Morgan fingerprint density at radius 2 is 1.50 bits per heavy atom. The van der Waals surface area contributed by atoms with Crippen LogP contribution in [0.2, 0.25) is 0 Å². The number of amides is 1. The Morgan fingerprint density at radius 1 is 0.933 bits per heavy atom. The van der Waals surface area contributed by atoms with Gasteiger partial charge in [0.25, 0.3) is 0 Å². The van der Waals surface area contributed by atoms with Crippen molar-refractivity contribution in [3.05, 3.63) is 0 Å². The second-order valence-electron chi connectivity index (χ2n) is 7.70. The number of hydrogen-bond donors (Lipinski definition) is 5. The fourth-order valence-electron chi connectivity index (χ4n) is 2.89. The summed E-state index contributed by atoms with van der Waals surface area (Å²) >= 11 is 0. The van der Waals surface area contributed by atoms with Crippen molar-refractivity contribution in [1.29, 1.82) is 5.41 Å². The second kappa shape index (κ2) is 17.7. The summed E-state index contributed by atoms with van der Waals surface area (Å²) in [4.78, 5) is 35.8. The summed E-state index contributed by atoms with van der Waals surface area (Å²) in [6.07, 6.45) is 11.6. The van der Waals surface area contributed by atoms with Crippen molar-refractivity contribution < 1.29 is 19.1 Å². The molecule has 0 aliphatic carbocycles.